The lowest BCUT2D eigenvalue weighted by Crippen LogP contribution is -2.34. The van der Waals surface area contributed by atoms with Crippen LogP contribution in [0.1, 0.15) is 19.0 Å². The van der Waals surface area contributed by atoms with Gasteiger partial charge in [0.2, 0.25) is 10.0 Å². The zero-order chi connectivity index (χ0) is 12.3. The van der Waals surface area contributed by atoms with Gasteiger partial charge in [-0.15, -0.1) is 0 Å². The summed E-state index contributed by atoms with van der Waals surface area (Å²) in [6.07, 6.45) is 0.489. The number of hydrogen-bond acceptors (Lipinski definition) is 4. The molecular weight excluding hydrogens is 228 g/mol. The summed E-state index contributed by atoms with van der Waals surface area (Å²) in [5.41, 5.74) is 6.19. The van der Waals surface area contributed by atoms with Crippen LogP contribution in [-0.2, 0) is 17.1 Å². The third kappa shape index (κ3) is 2.73. The molecule has 1 heterocycles. The average Bonchev–Trinajstić information content (AvgIpc) is 2.45. The van der Waals surface area contributed by atoms with Crippen molar-refractivity contribution < 1.29 is 8.42 Å². The Balaban J connectivity index is 2.92. The lowest BCUT2D eigenvalue weighted by atomic mass is 10.3. The SMILES string of the molecule is CCC(CN)S(=O)(=O)Nc1cc(C)nn1C. The molecule has 0 radical (unpaired) electrons. The van der Waals surface area contributed by atoms with Crippen molar-refractivity contribution in [3.8, 4) is 0 Å². The van der Waals surface area contributed by atoms with Crippen molar-refractivity contribution in [1.82, 2.24) is 9.78 Å². The van der Waals surface area contributed by atoms with Gasteiger partial charge >= 0.3 is 0 Å². The predicted octanol–water partition coefficient (Wildman–Crippen LogP) is 0.208. The minimum atomic E-state index is -3.42. The minimum Gasteiger partial charge on any atom is -0.329 e. The predicted molar refractivity (Wildman–Crippen MR) is 63.6 cm³/mol. The first kappa shape index (κ1) is 13.0. The number of anilines is 1. The monoisotopic (exact) mass is 246 g/mol. The molecule has 16 heavy (non-hydrogen) atoms. The molecule has 0 fully saturated rings. The Morgan fingerprint density at radius 2 is 2.25 bits per heavy atom. The van der Waals surface area contributed by atoms with Gasteiger partial charge in [-0.1, -0.05) is 6.92 Å². The van der Waals surface area contributed by atoms with Crippen LogP contribution in [0, 0.1) is 6.92 Å². The number of aromatic nitrogens is 2. The van der Waals surface area contributed by atoms with Gasteiger partial charge in [0.1, 0.15) is 5.82 Å². The molecule has 0 saturated carbocycles. The van der Waals surface area contributed by atoms with E-state index in [0.717, 1.165) is 5.69 Å². The van der Waals surface area contributed by atoms with Crippen LogP contribution in [0.4, 0.5) is 5.82 Å². The fourth-order valence-electron chi connectivity index (χ4n) is 1.45. The Hall–Kier alpha value is -1.08. The molecule has 0 bridgehead atoms. The number of rotatable bonds is 5. The maximum Gasteiger partial charge on any atom is 0.237 e. The van der Waals surface area contributed by atoms with Gasteiger partial charge in [0.15, 0.2) is 0 Å². The van der Waals surface area contributed by atoms with E-state index in [1.54, 1.807) is 27.0 Å². The van der Waals surface area contributed by atoms with Gasteiger partial charge in [-0.05, 0) is 13.3 Å². The van der Waals surface area contributed by atoms with Crippen molar-refractivity contribution in [3.05, 3.63) is 11.8 Å². The first-order valence-electron chi connectivity index (χ1n) is 5.13. The van der Waals surface area contributed by atoms with E-state index in [9.17, 15) is 8.42 Å². The Bertz CT molecular complexity index is 448. The van der Waals surface area contributed by atoms with Gasteiger partial charge < -0.3 is 5.73 Å². The molecule has 1 rings (SSSR count). The lowest BCUT2D eigenvalue weighted by Gasteiger charge is -2.15. The van der Waals surface area contributed by atoms with E-state index in [0.29, 0.717) is 12.2 Å². The van der Waals surface area contributed by atoms with Crippen molar-refractivity contribution in [3.63, 3.8) is 0 Å². The van der Waals surface area contributed by atoms with Crippen LogP contribution >= 0.6 is 0 Å². The zero-order valence-corrected chi connectivity index (χ0v) is 10.6. The van der Waals surface area contributed by atoms with Crippen molar-refractivity contribution in [1.29, 1.82) is 0 Å². The summed E-state index contributed by atoms with van der Waals surface area (Å²) in [7, 11) is -1.73. The fourth-order valence-corrected chi connectivity index (χ4v) is 2.79. The molecule has 0 spiro atoms. The topological polar surface area (TPSA) is 90.0 Å². The molecule has 0 aromatic carbocycles. The van der Waals surface area contributed by atoms with Gasteiger partial charge in [0.05, 0.1) is 10.9 Å². The molecule has 1 unspecified atom stereocenters. The standard InChI is InChI=1S/C9H18N4O2S/c1-4-8(6-10)16(14,15)12-9-5-7(2)11-13(9)3/h5,8,12H,4,6,10H2,1-3H3. The summed E-state index contributed by atoms with van der Waals surface area (Å²) in [5.74, 6) is 0.462. The Kier molecular flexibility index (Phi) is 3.93. The second kappa shape index (κ2) is 4.84. The van der Waals surface area contributed by atoms with E-state index >= 15 is 0 Å². The molecule has 1 atom stereocenters. The van der Waals surface area contributed by atoms with E-state index < -0.39 is 15.3 Å². The van der Waals surface area contributed by atoms with Crippen molar-refractivity contribution in [2.45, 2.75) is 25.5 Å². The van der Waals surface area contributed by atoms with Crippen LogP contribution in [0.5, 0.6) is 0 Å². The molecule has 7 heteroatoms. The summed E-state index contributed by atoms with van der Waals surface area (Å²) >= 11 is 0. The molecule has 1 aromatic heterocycles. The quantitative estimate of drug-likeness (QED) is 0.777. The third-order valence-corrected chi connectivity index (χ3v) is 4.30. The molecule has 0 aliphatic rings. The fraction of sp³-hybridized carbons (Fsp3) is 0.667. The maximum absolute atomic E-state index is 11.9. The molecule has 1 aromatic rings. The number of nitrogens with two attached hydrogens (primary N) is 1. The smallest absolute Gasteiger partial charge is 0.237 e. The van der Waals surface area contributed by atoms with Crippen LogP contribution in [0.2, 0.25) is 0 Å². The van der Waals surface area contributed by atoms with Gasteiger partial charge in [-0.3, -0.25) is 9.40 Å². The average molecular weight is 246 g/mol. The molecule has 3 N–H and O–H groups in total. The summed E-state index contributed by atoms with van der Waals surface area (Å²) in [5, 5.41) is 3.50. The van der Waals surface area contributed by atoms with Crippen LogP contribution in [0.3, 0.4) is 0 Å². The van der Waals surface area contributed by atoms with E-state index in [-0.39, 0.29) is 6.54 Å². The number of nitrogens with zero attached hydrogens (tertiary/aromatic N) is 2. The highest BCUT2D eigenvalue weighted by molar-refractivity contribution is 7.93. The maximum atomic E-state index is 11.9. The molecule has 0 amide bonds. The van der Waals surface area contributed by atoms with Crippen molar-refractivity contribution in [2.24, 2.45) is 12.8 Å². The van der Waals surface area contributed by atoms with Crippen molar-refractivity contribution >= 4 is 15.8 Å². The first-order valence-corrected chi connectivity index (χ1v) is 6.67. The summed E-state index contributed by atoms with van der Waals surface area (Å²) < 4.78 is 27.8. The summed E-state index contributed by atoms with van der Waals surface area (Å²) in [6.45, 7) is 3.71. The largest absolute Gasteiger partial charge is 0.329 e. The second-order valence-electron chi connectivity index (χ2n) is 3.71. The van der Waals surface area contributed by atoms with Crippen LogP contribution < -0.4 is 10.5 Å². The van der Waals surface area contributed by atoms with E-state index in [1.165, 1.54) is 4.68 Å². The van der Waals surface area contributed by atoms with Crippen LogP contribution in [0.25, 0.3) is 0 Å². The highest BCUT2D eigenvalue weighted by atomic mass is 32.2. The van der Waals surface area contributed by atoms with Gasteiger partial charge in [-0.2, -0.15) is 5.10 Å². The van der Waals surface area contributed by atoms with Crippen LogP contribution in [0.15, 0.2) is 6.07 Å². The Morgan fingerprint density at radius 3 is 2.62 bits per heavy atom. The van der Waals surface area contributed by atoms with Crippen molar-refractivity contribution in [2.75, 3.05) is 11.3 Å². The highest BCUT2D eigenvalue weighted by Crippen LogP contribution is 2.13. The molecule has 0 aliphatic carbocycles. The molecule has 0 aliphatic heterocycles. The molecule has 6 nitrogen and oxygen atoms in total. The molecular formula is C9H18N4O2S. The first-order chi connectivity index (χ1) is 7.40. The lowest BCUT2D eigenvalue weighted by molar-refractivity contribution is 0.580. The van der Waals surface area contributed by atoms with Gasteiger partial charge in [0, 0.05) is 19.7 Å². The van der Waals surface area contributed by atoms with Gasteiger partial charge in [0.25, 0.3) is 0 Å². The molecule has 0 saturated heterocycles. The summed E-state index contributed by atoms with van der Waals surface area (Å²) in [6, 6.07) is 1.68. The number of sulfonamides is 1. The van der Waals surface area contributed by atoms with Gasteiger partial charge in [-0.25, -0.2) is 8.42 Å². The van der Waals surface area contributed by atoms with E-state index in [1.807, 2.05) is 0 Å². The number of hydrogen-bond donors (Lipinski definition) is 2. The van der Waals surface area contributed by atoms with E-state index in [4.69, 9.17) is 5.73 Å². The highest BCUT2D eigenvalue weighted by Gasteiger charge is 2.23. The molecule has 92 valence electrons. The number of nitrogens with one attached hydrogen (secondary N) is 1. The Morgan fingerprint density at radius 1 is 1.62 bits per heavy atom. The third-order valence-electron chi connectivity index (χ3n) is 2.41. The van der Waals surface area contributed by atoms with E-state index in [2.05, 4.69) is 9.82 Å². The minimum absolute atomic E-state index is 0.114. The normalized spacial score (nSPS) is 13.8. The Labute approximate surface area is 95.9 Å². The zero-order valence-electron chi connectivity index (χ0n) is 9.77. The number of aryl methyl sites for hydroxylation is 2. The summed E-state index contributed by atoms with van der Waals surface area (Å²) in [4.78, 5) is 0. The van der Waals surface area contributed by atoms with Crippen LogP contribution in [-0.4, -0.2) is 30.0 Å². The second-order valence-corrected chi connectivity index (χ2v) is 5.67.